The Morgan fingerprint density at radius 1 is 0.583 bits per heavy atom. The molecule has 36 heavy (non-hydrogen) atoms. The van der Waals surface area contributed by atoms with Gasteiger partial charge in [-0.1, -0.05) is 37.3 Å². The van der Waals surface area contributed by atoms with Gasteiger partial charge < -0.3 is 18.9 Å². The van der Waals surface area contributed by atoms with Gasteiger partial charge >= 0.3 is 0 Å². The highest BCUT2D eigenvalue weighted by Gasteiger charge is 2.35. The zero-order valence-corrected chi connectivity index (χ0v) is 20.8. The lowest BCUT2D eigenvalue weighted by molar-refractivity contribution is 0.398. The van der Waals surface area contributed by atoms with Gasteiger partial charge in [0.25, 0.3) is 0 Å². The van der Waals surface area contributed by atoms with E-state index in [-0.39, 0.29) is 0 Å². The average Bonchev–Trinajstić information content (AvgIpc) is 3.69. The molecule has 4 aromatic carbocycles. The van der Waals surface area contributed by atoms with Crippen LogP contribution in [-0.4, -0.2) is 50.8 Å². The highest BCUT2D eigenvalue weighted by atomic mass is 16.6. The van der Waals surface area contributed by atoms with Gasteiger partial charge in [-0.2, -0.15) is 0 Å². The van der Waals surface area contributed by atoms with Crippen LogP contribution in [0.5, 0.6) is 0 Å². The first-order valence-corrected chi connectivity index (χ1v) is 13.6. The van der Waals surface area contributed by atoms with Crippen molar-refractivity contribution in [3.63, 3.8) is 0 Å². The second kappa shape index (κ2) is 8.26. The van der Waals surface area contributed by atoms with E-state index in [1.165, 1.54) is 60.1 Å². The molecule has 4 nitrogen and oxygen atoms in total. The molecule has 4 aliphatic rings. The molecule has 0 N–H and O–H groups in total. The second-order valence-electron chi connectivity index (χ2n) is 11.1. The lowest BCUT2D eigenvalue weighted by Crippen LogP contribution is -2.14. The molecule has 0 amide bonds. The van der Waals surface area contributed by atoms with Gasteiger partial charge in [-0.15, -0.1) is 0 Å². The summed E-state index contributed by atoms with van der Waals surface area (Å²) in [5.74, 6) is 0. The molecule has 4 saturated heterocycles. The van der Waals surface area contributed by atoms with E-state index in [0.717, 1.165) is 58.5 Å². The van der Waals surface area contributed by atoms with Crippen LogP contribution in [0.3, 0.4) is 0 Å². The third-order valence-electron chi connectivity index (χ3n) is 8.49. The number of fused-ring (bicyclic) bond motifs is 4. The van der Waals surface area contributed by atoms with Gasteiger partial charge in [-0.25, -0.2) is 0 Å². The van der Waals surface area contributed by atoms with E-state index in [0.29, 0.717) is 24.4 Å². The van der Waals surface area contributed by atoms with Crippen molar-refractivity contribution in [3.8, 4) is 0 Å². The smallest absolute Gasteiger partial charge is 0.0850 e. The maximum Gasteiger partial charge on any atom is 0.0850 e. The summed E-state index contributed by atoms with van der Waals surface area (Å²) >= 11 is 0. The summed E-state index contributed by atoms with van der Waals surface area (Å²) in [4.78, 5) is 0. The molecule has 4 aromatic rings. The van der Waals surface area contributed by atoms with Crippen molar-refractivity contribution >= 4 is 32.3 Å². The topological polar surface area (TPSA) is 50.1 Å². The molecule has 0 bridgehead atoms. The van der Waals surface area contributed by atoms with Crippen LogP contribution in [0.1, 0.15) is 34.7 Å². The van der Waals surface area contributed by atoms with Crippen LogP contribution in [0, 0.1) is 0 Å². The van der Waals surface area contributed by atoms with Gasteiger partial charge in [0.05, 0.1) is 50.8 Å². The minimum absolute atomic E-state index is 0.335. The quantitative estimate of drug-likeness (QED) is 0.181. The molecular weight excluding hydrogens is 448 g/mol. The number of benzene rings is 4. The maximum atomic E-state index is 5.82. The summed E-state index contributed by atoms with van der Waals surface area (Å²) in [5.41, 5.74) is 7.49. The van der Waals surface area contributed by atoms with Crippen molar-refractivity contribution in [2.24, 2.45) is 0 Å². The normalized spacial score (nSPS) is 26.1. The van der Waals surface area contributed by atoms with Gasteiger partial charge in [-0.3, -0.25) is 0 Å². The summed E-state index contributed by atoms with van der Waals surface area (Å²) in [6, 6.07) is 16.0. The molecule has 184 valence electrons. The maximum absolute atomic E-state index is 5.82. The van der Waals surface area contributed by atoms with E-state index < -0.39 is 0 Å². The minimum Gasteiger partial charge on any atom is -0.373 e. The Balaban J connectivity index is 1.50. The van der Waals surface area contributed by atoms with E-state index in [1.807, 2.05) is 0 Å². The van der Waals surface area contributed by atoms with E-state index in [4.69, 9.17) is 18.9 Å². The lowest BCUT2D eigenvalue weighted by Gasteiger charge is -2.25. The monoisotopic (exact) mass is 480 g/mol. The number of epoxide rings is 4. The Labute approximate surface area is 211 Å². The zero-order valence-electron chi connectivity index (χ0n) is 20.8. The first-order valence-electron chi connectivity index (χ1n) is 13.6. The standard InChI is InChI=1S/C32H32O4/c1-2-26-28(11-23-15-34-23)29(12-24-16-35-24)30(13-25-17-36-25)31-21(9-22-14-33-22)8-20-7-18-5-3-4-6-19(18)10-27(20)32(26)31/h3-8,10,22-25H,2,9,11-17H2,1H3. The molecular formula is C32H32O4. The fourth-order valence-corrected chi connectivity index (χ4v) is 6.41. The lowest BCUT2D eigenvalue weighted by atomic mass is 9.79. The molecule has 0 spiro atoms. The Morgan fingerprint density at radius 3 is 1.69 bits per heavy atom. The fraction of sp³-hybridized carbons (Fsp3) is 0.438. The van der Waals surface area contributed by atoms with E-state index >= 15 is 0 Å². The summed E-state index contributed by atoms with van der Waals surface area (Å²) in [7, 11) is 0. The van der Waals surface area contributed by atoms with Crippen molar-refractivity contribution < 1.29 is 18.9 Å². The van der Waals surface area contributed by atoms with Crippen molar-refractivity contribution in [2.45, 2.75) is 63.4 Å². The Hall–Kier alpha value is -2.50. The highest BCUT2D eigenvalue weighted by Crippen LogP contribution is 2.43. The van der Waals surface area contributed by atoms with Crippen molar-refractivity contribution in [3.05, 3.63) is 70.3 Å². The van der Waals surface area contributed by atoms with Crippen molar-refractivity contribution in [1.82, 2.24) is 0 Å². The third kappa shape index (κ3) is 3.92. The molecule has 0 aliphatic carbocycles. The Bertz CT molecular complexity index is 1510. The van der Waals surface area contributed by atoms with E-state index in [2.05, 4.69) is 49.4 Å². The number of rotatable bonds is 9. The van der Waals surface area contributed by atoms with Crippen LogP contribution in [0.2, 0.25) is 0 Å². The third-order valence-corrected chi connectivity index (χ3v) is 8.49. The minimum atomic E-state index is 0.335. The van der Waals surface area contributed by atoms with Gasteiger partial charge in [0.1, 0.15) is 0 Å². The molecule has 4 heterocycles. The number of ether oxygens (including phenoxy) is 4. The first kappa shape index (κ1) is 21.6. The van der Waals surface area contributed by atoms with Gasteiger partial charge in [-0.05, 0) is 78.7 Å². The average molecular weight is 481 g/mol. The summed E-state index contributed by atoms with van der Waals surface area (Å²) in [5, 5.41) is 8.26. The van der Waals surface area contributed by atoms with Gasteiger partial charge in [0.2, 0.25) is 0 Å². The SMILES string of the molecule is CCc1c(CC2CO2)c(CC2CO2)c(CC2CO2)c2c(CC3CO3)cc3cc4ccccc4cc3c12. The zero-order chi connectivity index (χ0) is 23.8. The largest absolute Gasteiger partial charge is 0.373 e. The molecule has 0 saturated carbocycles. The summed E-state index contributed by atoms with van der Waals surface area (Å²) in [6.07, 6.45) is 6.37. The summed E-state index contributed by atoms with van der Waals surface area (Å²) in [6.45, 7) is 5.84. The molecule has 4 unspecified atom stereocenters. The van der Waals surface area contributed by atoms with Crippen LogP contribution in [0.4, 0.5) is 0 Å². The van der Waals surface area contributed by atoms with Crippen LogP contribution < -0.4 is 0 Å². The predicted molar refractivity (Wildman–Crippen MR) is 142 cm³/mol. The molecule has 4 aliphatic heterocycles. The second-order valence-corrected chi connectivity index (χ2v) is 11.1. The highest BCUT2D eigenvalue weighted by molar-refractivity contribution is 6.16. The molecule has 8 rings (SSSR count). The van der Waals surface area contributed by atoms with Crippen LogP contribution in [0.15, 0.2) is 42.5 Å². The number of hydrogen-bond donors (Lipinski definition) is 0. The van der Waals surface area contributed by atoms with E-state index in [1.54, 1.807) is 0 Å². The predicted octanol–water partition coefficient (Wildman–Crippen LogP) is 5.47. The number of aryl methyl sites for hydroxylation is 1. The van der Waals surface area contributed by atoms with Gasteiger partial charge in [0.15, 0.2) is 0 Å². The molecule has 4 atom stereocenters. The number of hydrogen-bond acceptors (Lipinski definition) is 4. The summed E-state index contributed by atoms with van der Waals surface area (Å²) < 4.78 is 23.2. The first-order chi connectivity index (χ1) is 17.7. The van der Waals surface area contributed by atoms with Crippen LogP contribution in [-0.2, 0) is 51.1 Å². The fourth-order valence-electron chi connectivity index (χ4n) is 6.41. The van der Waals surface area contributed by atoms with Crippen LogP contribution in [0.25, 0.3) is 32.3 Å². The molecule has 4 heteroatoms. The van der Waals surface area contributed by atoms with Crippen molar-refractivity contribution in [1.29, 1.82) is 0 Å². The molecule has 0 aromatic heterocycles. The molecule has 0 radical (unpaired) electrons. The van der Waals surface area contributed by atoms with Crippen molar-refractivity contribution in [2.75, 3.05) is 26.4 Å². The van der Waals surface area contributed by atoms with E-state index in [9.17, 15) is 0 Å². The molecule has 4 fully saturated rings. The van der Waals surface area contributed by atoms with Crippen LogP contribution >= 0.6 is 0 Å². The van der Waals surface area contributed by atoms with Gasteiger partial charge in [0, 0.05) is 25.7 Å². The Morgan fingerprint density at radius 2 is 1.11 bits per heavy atom. The Kier molecular flexibility index (Phi) is 4.95.